The Morgan fingerprint density at radius 2 is 1.77 bits per heavy atom. The molecule has 2 aliphatic rings. The average Bonchev–Trinajstić information content (AvgIpc) is 2.98. The molecule has 144 valence electrons. The fourth-order valence-electron chi connectivity index (χ4n) is 5.17. The molecule has 0 aromatic heterocycles. The lowest BCUT2D eigenvalue weighted by molar-refractivity contribution is -0.142. The van der Waals surface area contributed by atoms with E-state index in [9.17, 15) is 9.90 Å². The van der Waals surface area contributed by atoms with E-state index in [0.717, 1.165) is 43.9 Å². The zero-order valence-electron chi connectivity index (χ0n) is 16.2. The Bertz CT molecular complexity index is 567. The molecule has 4 heteroatoms. The van der Waals surface area contributed by atoms with Gasteiger partial charge in [-0.05, 0) is 55.0 Å². The lowest BCUT2D eigenvalue weighted by atomic mass is 9.77. The van der Waals surface area contributed by atoms with Crippen LogP contribution in [0.2, 0.25) is 0 Å². The Morgan fingerprint density at radius 1 is 1.08 bits per heavy atom. The predicted molar refractivity (Wildman–Crippen MR) is 105 cm³/mol. The molecule has 1 aliphatic heterocycles. The molecule has 1 saturated heterocycles. The van der Waals surface area contributed by atoms with Crippen LogP contribution in [-0.2, 0) is 11.3 Å². The maximum absolute atomic E-state index is 11.7. The van der Waals surface area contributed by atoms with E-state index in [2.05, 4.69) is 36.2 Å². The van der Waals surface area contributed by atoms with Crippen molar-refractivity contribution in [1.82, 2.24) is 10.2 Å². The maximum Gasteiger partial charge on any atom is 0.308 e. The van der Waals surface area contributed by atoms with Crippen molar-refractivity contribution in [3.05, 3.63) is 35.9 Å². The molecular weight excluding hydrogens is 324 g/mol. The number of likely N-dealkylation sites (tertiary alicyclic amines) is 1. The summed E-state index contributed by atoms with van der Waals surface area (Å²) in [5.41, 5.74) is 1.26. The number of hydrogen-bond acceptors (Lipinski definition) is 3. The Hall–Kier alpha value is -1.39. The monoisotopic (exact) mass is 358 g/mol. The van der Waals surface area contributed by atoms with Crippen LogP contribution in [0.1, 0.15) is 38.7 Å². The van der Waals surface area contributed by atoms with E-state index in [4.69, 9.17) is 0 Å². The summed E-state index contributed by atoms with van der Waals surface area (Å²) in [5, 5.41) is 13.2. The zero-order valence-corrected chi connectivity index (χ0v) is 16.2. The van der Waals surface area contributed by atoms with E-state index in [-0.39, 0.29) is 11.8 Å². The highest BCUT2D eigenvalue weighted by molar-refractivity contribution is 5.71. The summed E-state index contributed by atoms with van der Waals surface area (Å²) in [5.74, 6) is 1.70. The molecule has 4 atom stereocenters. The topological polar surface area (TPSA) is 52.6 Å². The molecule has 0 spiro atoms. The predicted octanol–water partition coefficient (Wildman–Crippen LogP) is 3.48. The lowest BCUT2D eigenvalue weighted by Crippen LogP contribution is -2.35. The van der Waals surface area contributed by atoms with E-state index >= 15 is 0 Å². The second-order valence-corrected chi connectivity index (χ2v) is 8.83. The van der Waals surface area contributed by atoms with Crippen LogP contribution in [-0.4, -0.2) is 42.2 Å². The van der Waals surface area contributed by atoms with Gasteiger partial charge in [0.25, 0.3) is 0 Å². The van der Waals surface area contributed by atoms with Crippen LogP contribution in [0.15, 0.2) is 30.3 Å². The van der Waals surface area contributed by atoms with Gasteiger partial charge < -0.3 is 10.4 Å². The van der Waals surface area contributed by atoms with Crippen molar-refractivity contribution in [1.29, 1.82) is 0 Å². The lowest BCUT2D eigenvalue weighted by Gasteiger charge is -2.32. The summed E-state index contributed by atoms with van der Waals surface area (Å²) in [6.07, 6.45) is 3.98. The van der Waals surface area contributed by atoms with Gasteiger partial charge in [-0.15, -0.1) is 0 Å². The number of hydrogen-bond donors (Lipinski definition) is 2. The van der Waals surface area contributed by atoms with Gasteiger partial charge in [0, 0.05) is 26.2 Å². The fourth-order valence-corrected chi connectivity index (χ4v) is 5.17. The van der Waals surface area contributed by atoms with Gasteiger partial charge >= 0.3 is 5.97 Å². The summed E-state index contributed by atoms with van der Waals surface area (Å²) in [6.45, 7) is 8.96. The Labute approximate surface area is 158 Å². The molecule has 1 heterocycles. The first kappa shape index (κ1) is 19.4. The first-order valence-electron chi connectivity index (χ1n) is 10.2. The quantitative estimate of drug-likeness (QED) is 0.783. The molecular formula is C22H34N2O2. The number of carboxylic acid groups (broad SMARTS) is 1. The van der Waals surface area contributed by atoms with Crippen LogP contribution in [0.4, 0.5) is 0 Å². The summed E-state index contributed by atoms with van der Waals surface area (Å²) in [4.78, 5) is 14.0. The van der Waals surface area contributed by atoms with E-state index in [1.807, 2.05) is 18.2 Å². The van der Waals surface area contributed by atoms with Gasteiger partial charge in [-0.1, -0.05) is 44.2 Å². The Kier molecular flexibility index (Phi) is 6.71. The smallest absolute Gasteiger partial charge is 0.308 e. The van der Waals surface area contributed by atoms with Crippen molar-refractivity contribution in [2.24, 2.45) is 29.6 Å². The number of rotatable bonds is 7. The minimum absolute atomic E-state index is 0.203. The van der Waals surface area contributed by atoms with Gasteiger partial charge in [0.1, 0.15) is 0 Å². The molecule has 1 aliphatic carbocycles. The average molecular weight is 359 g/mol. The summed E-state index contributed by atoms with van der Waals surface area (Å²) >= 11 is 0. The highest BCUT2D eigenvalue weighted by Crippen LogP contribution is 2.32. The van der Waals surface area contributed by atoms with Crippen molar-refractivity contribution in [3.63, 3.8) is 0 Å². The molecule has 0 radical (unpaired) electrons. The summed E-state index contributed by atoms with van der Waals surface area (Å²) < 4.78 is 0. The van der Waals surface area contributed by atoms with E-state index in [0.29, 0.717) is 6.54 Å². The first-order valence-corrected chi connectivity index (χ1v) is 10.2. The van der Waals surface area contributed by atoms with Crippen LogP contribution in [0, 0.1) is 29.6 Å². The molecule has 1 aromatic rings. The third-order valence-electron chi connectivity index (χ3n) is 6.20. The number of aliphatic carboxylic acids is 1. The normalized spacial score (nSPS) is 32.6. The third kappa shape index (κ3) is 5.31. The standard InChI is InChI=1S/C22H34N2O2/c1-16-8-17(2)10-19(9-16)11-23-12-20-14-24(15-21(20)22(25)26)13-18-6-4-3-5-7-18/h3-7,16-17,19-21,23H,8-15H2,1-2H3,(H,25,26)/t16?,17?,19?,20-,21-/m1/s1. The SMILES string of the molecule is CC1CC(C)CC(CNC[C@@H]2CN(Cc3ccccc3)C[C@H]2C(=O)O)C1. The van der Waals surface area contributed by atoms with Crippen LogP contribution in [0.25, 0.3) is 0 Å². The van der Waals surface area contributed by atoms with E-state index in [1.54, 1.807) is 0 Å². The number of nitrogens with one attached hydrogen (secondary N) is 1. The molecule has 2 unspecified atom stereocenters. The van der Waals surface area contributed by atoms with Crippen molar-refractivity contribution in [3.8, 4) is 0 Å². The summed E-state index contributed by atoms with van der Waals surface area (Å²) in [7, 11) is 0. The van der Waals surface area contributed by atoms with Crippen LogP contribution in [0.3, 0.4) is 0 Å². The molecule has 1 aromatic carbocycles. The van der Waals surface area contributed by atoms with Gasteiger partial charge in [-0.3, -0.25) is 9.69 Å². The van der Waals surface area contributed by atoms with Crippen molar-refractivity contribution in [2.75, 3.05) is 26.2 Å². The molecule has 4 nitrogen and oxygen atoms in total. The maximum atomic E-state index is 11.7. The number of carbonyl (C=O) groups is 1. The molecule has 3 rings (SSSR count). The van der Waals surface area contributed by atoms with Gasteiger partial charge in [0.15, 0.2) is 0 Å². The molecule has 2 fully saturated rings. The van der Waals surface area contributed by atoms with Crippen LogP contribution in [0.5, 0.6) is 0 Å². The van der Waals surface area contributed by atoms with Gasteiger partial charge in [0.2, 0.25) is 0 Å². The van der Waals surface area contributed by atoms with Gasteiger partial charge in [-0.2, -0.15) is 0 Å². The van der Waals surface area contributed by atoms with E-state index < -0.39 is 5.97 Å². The highest BCUT2D eigenvalue weighted by atomic mass is 16.4. The minimum Gasteiger partial charge on any atom is -0.481 e. The highest BCUT2D eigenvalue weighted by Gasteiger charge is 2.37. The third-order valence-corrected chi connectivity index (χ3v) is 6.20. The molecule has 1 saturated carbocycles. The molecule has 0 amide bonds. The second-order valence-electron chi connectivity index (χ2n) is 8.83. The number of benzene rings is 1. The van der Waals surface area contributed by atoms with E-state index in [1.165, 1.54) is 24.8 Å². The van der Waals surface area contributed by atoms with Gasteiger partial charge in [0.05, 0.1) is 5.92 Å². The number of nitrogens with zero attached hydrogens (tertiary/aromatic N) is 1. The van der Waals surface area contributed by atoms with Gasteiger partial charge in [-0.25, -0.2) is 0 Å². The molecule has 0 bridgehead atoms. The molecule has 26 heavy (non-hydrogen) atoms. The number of carboxylic acids is 1. The minimum atomic E-state index is -0.646. The Balaban J connectivity index is 1.48. The van der Waals surface area contributed by atoms with Crippen molar-refractivity contribution in [2.45, 2.75) is 39.7 Å². The van der Waals surface area contributed by atoms with Crippen LogP contribution < -0.4 is 5.32 Å². The summed E-state index contributed by atoms with van der Waals surface area (Å²) in [6, 6.07) is 10.4. The van der Waals surface area contributed by atoms with Crippen molar-refractivity contribution < 1.29 is 9.90 Å². The largest absolute Gasteiger partial charge is 0.481 e. The zero-order chi connectivity index (χ0) is 18.5. The second kappa shape index (κ2) is 9.01. The fraction of sp³-hybridized carbons (Fsp3) is 0.682. The van der Waals surface area contributed by atoms with Crippen LogP contribution >= 0.6 is 0 Å². The van der Waals surface area contributed by atoms with Crippen molar-refractivity contribution >= 4 is 5.97 Å². The first-order chi connectivity index (χ1) is 12.5. The molecule has 2 N–H and O–H groups in total. The Morgan fingerprint density at radius 3 is 2.42 bits per heavy atom.